The lowest BCUT2D eigenvalue weighted by Crippen LogP contribution is -1.81. The minimum atomic E-state index is -1.01. The summed E-state index contributed by atoms with van der Waals surface area (Å²) >= 11 is 0. The van der Waals surface area contributed by atoms with Crippen LogP contribution in [0.5, 0.6) is 0 Å². The van der Waals surface area contributed by atoms with E-state index in [0.29, 0.717) is 6.07 Å². The van der Waals surface area contributed by atoms with Crippen molar-refractivity contribution in [3.05, 3.63) is 35.4 Å². The number of rotatable bonds is 0. The van der Waals surface area contributed by atoms with Crippen molar-refractivity contribution >= 4 is 0 Å². The molecule has 0 N–H and O–H groups in total. The van der Waals surface area contributed by atoms with Gasteiger partial charge < -0.3 is 0 Å². The van der Waals surface area contributed by atoms with Gasteiger partial charge in [-0.1, -0.05) is 0 Å². The van der Waals surface area contributed by atoms with Gasteiger partial charge in [-0.25, -0.2) is 8.78 Å². The second-order valence-corrected chi connectivity index (χ2v) is 1.67. The molecule has 0 aliphatic rings. The molecule has 1 rings (SSSR count). The molecule has 0 unspecified atom stereocenters. The van der Waals surface area contributed by atoms with Crippen LogP contribution in [-0.4, -0.2) is 0 Å². The van der Waals surface area contributed by atoms with Crippen molar-refractivity contribution in [2.45, 2.75) is 0 Å². The van der Waals surface area contributed by atoms with E-state index in [1.807, 2.05) is 0 Å². The highest BCUT2D eigenvalue weighted by molar-refractivity contribution is 5.29. The summed E-state index contributed by atoms with van der Waals surface area (Å²) < 4.78 is 31.7. The fourth-order valence-electron chi connectivity index (χ4n) is 0.562. The average molecular weight is 140 g/mol. The summed E-state index contributed by atoms with van der Waals surface area (Å²) in [6, 6.07) is 2.35. The zero-order valence-electron chi connectivity index (χ0n) is 5.86. The van der Waals surface area contributed by atoms with Crippen molar-refractivity contribution in [3.8, 4) is 6.07 Å². The molecule has 0 aliphatic carbocycles. The zero-order valence-corrected chi connectivity index (χ0v) is 4.86. The molecule has 0 saturated carbocycles. The number of benzene rings is 1. The first-order chi connectivity index (χ1) is 5.15. The molecule has 0 spiro atoms. The Morgan fingerprint density at radius 3 is 2.70 bits per heavy atom. The van der Waals surface area contributed by atoms with Gasteiger partial charge in [0.25, 0.3) is 0 Å². The number of hydrogen-bond acceptors (Lipinski definition) is 1. The smallest absolute Gasteiger partial charge is 0.127 e. The minimum Gasteiger partial charge on any atom is -0.207 e. The van der Waals surface area contributed by atoms with Crippen molar-refractivity contribution in [2.24, 2.45) is 0 Å². The maximum atomic E-state index is 12.4. The number of nitriles is 1. The summed E-state index contributed by atoms with van der Waals surface area (Å²) in [7, 11) is 0. The van der Waals surface area contributed by atoms with E-state index < -0.39 is 17.7 Å². The van der Waals surface area contributed by atoms with Gasteiger partial charge in [-0.15, -0.1) is 0 Å². The van der Waals surface area contributed by atoms with E-state index >= 15 is 0 Å². The van der Waals surface area contributed by atoms with Crippen LogP contribution in [0.15, 0.2) is 18.2 Å². The predicted molar refractivity (Wildman–Crippen MR) is 31.1 cm³/mol. The molecule has 3 heteroatoms. The van der Waals surface area contributed by atoms with E-state index in [-0.39, 0.29) is 5.56 Å². The first kappa shape index (κ1) is 5.36. The highest BCUT2D eigenvalue weighted by Gasteiger charge is 1.97. The standard InChI is InChI=1S/C7H3F2N/c8-6-1-5(4-10)2-7(9)3-6/h1-3H/i1D. The molecular formula is C7H3F2N. The van der Waals surface area contributed by atoms with Crippen LogP contribution in [0.2, 0.25) is 0 Å². The molecular weight excluding hydrogens is 136 g/mol. The Bertz CT molecular complexity index is 330. The highest BCUT2D eigenvalue weighted by Crippen LogP contribution is 2.05. The van der Waals surface area contributed by atoms with Crippen LogP contribution in [0, 0.1) is 23.0 Å². The van der Waals surface area contributed by atoms with Gasteiger partial charge in [0.15, 0.2) is 0 Å². The average Bonchev–Trinajstić information content (AvgIpc) is 1.96. The van der Waals surface area contributed by atoms with Gasteiger partial charge in [0.2, 0.25) is 0 Å². The van der Waals surface area contributed by atoms with Gasteiger partial charge in [-0.2, -0.15) is 5.26 Å². The largest absolute Gasteiger partial charge is 0.207 e. The van der Waals surface area contributed by atoms with Crippen molar-refractivity contribution in [1.29, 1.82) is 5.26 Å². The molecule has 50 valence electrons. The van der Waals surface area contributed by atoms with Crippen LogP contribution in [0.4, 0.5) is 8.78 Å². The SMILES string of the molecule is [2H]c1c(F)cc(F)cc1C#N. The molecule has 1 aromatic carbocycles. The van der Waals surface area contributed by atoms with E-state index in [1.54, 1.807) is 0 Å². The molecule has 0 aromatic heterocycles. The maximum absolute atomic E-state index is 12.4. The topological polar surface area (TPSA) is 23.8 Å². The minimum absolute atomic E-state index is 0.289. The Labute approximate surface area is 57.9 Å². The summed E-state index contributed by atoms with van der Waals surface area (Å²) in [5.74, 6) is -1.85. The Morgan fingerprint density at radius 1 is 1.40 bits per heavy atom. The van der Waals surface area contributed by atoms with Gasteiger partial charge >= 0.3 is 0 Å². The Morgan fingerprint density at radius 2 is 2.10 bits per heavy atom. The molecule has 1 nitrogen and oxygen atoms in total. The van der Waals surface area contributed by atoms with Crippen molar-refractivity contribution in [1.82, 2.24) is 0 Å². The third-order valence-corrected chi connectivity index (χ3v) is 0.921. The van der Waals surface area contributed by atoms with Crippen LogP contribution in [0.3, 0.4) is 0 Å². The molecule has 0 atom stereocenters. The lowest BCUT2D eigenvalue weighted by atomic mass is 10.2. The predicted octanol–water partition coefficient (Wildman–Crippen LogP) is 1.84. The van der Waals surface area contributed by atoms with Crippen LogP contribution in [0.25, 0.3) is 0 Å². The second-order valence-electron chi connectivity index (χ2n) is 1.67. The van der Waals surface area contributed by atoms with Gasteiger partial charge in [0.1, 0.15) is 11.6 Å². The fourth-order valence-corrected chi connectivity index (χ4v) is 0.562. The molecule has 0 amide bonds. The highest BCUT2D eigenvalue weighted by atomic mass is 19.1. The maximum Gasteiger partial charge on any atom is 0.127 e. The van der Waals surface area contributed by atoms with Gasteiger partial charge in [0.05, 0.1) is 13.0 Å². The number of halogens is 2. The van der Waals surface area contributed by atoms with E-state index in [2.05, 4.69) is 0 Å². The Hall–Kier alpha value is -1.43. The summed E-state index contributed by atoms with van der Waals surface area (Å²) in [4.78, 5) is 0. The quantitative estimate of drug-likeness (QED) is 0.539. The van der Waals surface area contributed by atoms with Crippen molar-refractivity contribution in [3.63, 3.8) is 0 Å². The monoisotopic (exact) mass is 140 g/mol. The van der Waals surface area contributed by atoms with Crippen LogP contribution in [0.1, 0.15) is 6.93 Å². The van der Waals surface area contributed by atoms with E-state index in [0.717, 1.165) is 6.07 Å². The zero-order chi connectivity index (χ0) is 8.43. The van der Waals surface area contributed by atoms with Gasteiger partial charge in [0, 0.05) is 6.07 Å². The number of nitrogens with zero attached hydrogens (tertiary/aromatic N) is 1. The second kappa shape index (κ2) is 2.44. The molecule has 0 fully saturated rings. The molecule has 0 radical (unpaired) electrons. The van der Waals surface area contributed by atoms with Crippen LogP contribution >= 0.6 is 0 Å². The summed E-state index contributed by atoms with van der Waals surface area (Å²) in [5.41, 5.74) is -0.289. The molecule has 1 aromatic rings. The van der Waals surface area contributed by atoms with E-state index in [9.17, 15) is 8.78 Å². The number of hydrogen-bond donors (Lipinski definition) is 0. The fraction of sp³-hybridized carbons (Fsp3) is 0. The van der Waals surface area contributed by atoms with Crippen LogP contribution in [-0.2, 0) is 0 Å². The van der Waals surface area contributed by atoms with Gasteiger partial charge in [-0.3, -0.25) is 0 Å². The first-order valence-electron chi connectivity index (χ1n) is 3.01. The summed E-state index contributed by atoms with van der Waals surface area (Å²) in [6.07, 6.45) is 0. The molecule has 0 saturated heterocycles. The Balaban J connectivity index is 3.39. The molecule has 0 heterocycles. The summed E-state index contributed by atoms with van der Waals surface area (Å²) in [6.45, 7) is 0. The molecule has 0 bridgehead atoms. The lowest BCUT2D eigenvalue weighted by molar-refractivity contribution is 0.582. The summed E-state index contributed by atoms with van der Waals surface area (Å²) in [5, 5.41) is 8.26. The Kier molecular flexibility index (Phi) is 1.31. The normalized spacial score (nSPS) is 10.3. The van der Waals surface area contributed by atoms with E-state index in [4.69, 9.17) is 6.63 Å². The van der Waals surface area contributed by atoms with Gasteiger partial charge in [-0.05, 0) is 12.1 Å². The van der Waals surface area contributed by atoms with E-state index in [1.165, 1.54) is 6.07 Å². The first-order valence-corrected chi connectivity index (χ1v) is 2.51. The third-order valence-electron chi connectivity index (χ3n) is 0.921. The third kappa shape index (κ3) is 1.29. The van der Waals surface area contributed by atoms with Crippen molar-refractivity contribution < 1.29 is 10.2 Å². The molecule has 0 aliphatic heterocycles. The van der Waals surface area contributed by atoms with Crippen molar-refractivity contribution in [2.75, 3.05) is 0 Å². The van der Waals surface area contributed by atoms with Crippen LogP contribution < -0.4 is 0 Å². The lowest BCUT2D eigenvalue weighted by Gasteiger charge is -1.89. The molecule has 10 heavy (non-hydrogen) atoms.